The maximum absolute atomic E-state index is 3.80. The van der Waals surface area contributed by atoms with Gasteiger partial charge in [0, 0.05) is 6.20 Å². The molecule has 52 valence electrons. The standard InChI is InChI=1S/C8H10N2/c1-2-3-4-5-8-6-7-9-10-8/h2-7H,1H3,(H,9,10)/b3-2+,5-4?. The van der Waals surface area contributed by atoms with Crippen LogP contribution in [0, 0.1) is 0 Å². The number of hydrogen-bond donors (Lipinski definition) is 1. The number of nitrogens with zero attached hydrogens (tertiary/aromatic N) is 1. The fourth-order valence-corrected chi connectivity index (χ4v) is 0.630. The van der Waals surface area contributed by atoms with Crippen LogP contribution in [0.3, 0.4) is 0 Å². The van der Waals surface area contributed by atoms with Gasteiger partial charge in [0.15, 0.2) is 0 Å². The van der Waals surface area contributed by atoms with Gasteiger partial charge in [0.25, 0.3) is 0 Å². The second-order valence-corrected chi connectivity index (χ2v) is 1.90. The molecule has 1 rings (SSSR count). The summed E-state index contributed by atoms with van der Waals surface area (Å²) >= 11 is 0. The maximum Gasteiger partial charge on any atom is 0.0577 e. The van der Waals surface area contributed by atoms with E-state index in [9.17, 15) is 0 Å². The van der Waals surface area contributed by atoms with Gasteiger partial charge in [-0.15, -0.1) is 0 Å². The topological polar surface area (TPSA) is 28.7 Å². The minimum absolute atomic E-state index is 1.03. The average molecular weight is 134 g/mol. The number of nitrogens with one attached hydrogen (secondary N) is 1. The van der Waals surface area contributed by atoms with E-state index in [-0.39, 0.29) is 0 Å². The van der Waals surface area contributed by atoms with Gasteiger partial charge in [-0.1, -0.05) is 18.2 Å². The Hall–Kier alpha value is -1.31. The molecular formula is C8H10N2. The zero-order valence-electron chi connectivity index (χ0n) is 5.91. The minimum Gasteiger partial charge on any atom is -0.278 e. The van der Waals surface area contributed by atoms with Crippen LogP contribution in [0.2, 0.25) is 0 Å². The number of hydrogen-bond acceptors (Lipinski definition) is 1. The molecule has 0 fully saturated rings. The molecule has 0 spiro atoms. The van der Waals surface area contributed by atoms with Gasteiger partial charge in [-0.05, 0) is 19.1 Å². The smallest absolute Gasteiger partial charge is 0.0577 e. The van der Waals surface area contributed by atoms with Gasteiger partial charge in [0.2, 0.25) is 0 Å². The first-order valence-electron chi connectivity index (χ1n) is 3.22. The van der Waals surface area contributed by atoms with Crippen LogP contribution in [-0.4, -0.2) is 10.2 Å². The van der Waals surface area contributed by atoms with E-state index in [0.717, 1.165) is 5.69 Å². The quantitative estimate of drug-likeness (QED) is 0.616. The fourth-order valence-electron chi connectivity index (χ4n) is 0.630. The molecule has 2 nitrogen and oxygen atoms in total. The second kappa shape index (κ2) is 3.67. The summed E-state index contributed by atoms with van der Waals surface area (Å²) in [6.45, 7) is 1.98. The van der Waals surface area contributed by atoms with Gasteiger partial charge in [0.1, 0.15) is 0 Å². The lowest BCUT2D eigenvalue weighted by Gasteiger charge is -1.78. The molecule has 0 aromatic carbocycles. The first kappa shape index (κ1) is 6.81. The second-order valence-electron chi connectivity index (χ2n) is 1.90. The summed E-state index contributed by atoms with van der Waals surface area (Å²) in [5, 5.41) is 6.63. The lowest BCUT2D eigenvalue weighted by molar-refractivity contribution is 1.08. The Morgan fingerprint density at radius 2 is 2.40 bits per heavy atom. The molecule has 1 aromatic heterocycles. The molecule has 1 N–H and O–H groups in total. The minimum atomic E-state index is 1.03. The lowest BCUT2D eigenvalue weighted by Crippen LogP contribution is -1.68. The maximum atomic E-state index is 3.80. The lowest BCUT2D eigenvalue weighted by atomic mass is 10.3. The highest BCUT2D eigenvalue weighted by Gasteiger charge is 1.80. The van der Waals surface area contributed by atoms with Crippen LogP contribution in [0.1, 0.15) is 12.6 Å². The molecule has 0 unspecified atom stereocenters. The van der Waals surface area contributed by atoms with Crippen LogP contribution < -0.4 is 0 Å². The summed E-state index contributed by atoms with van der Waals surface area (Å²) in [5.41, 5.74) is 1.03. The zero-order chi connectivity index (χ0) is 7.23. The summed E-state index contributed by atoms with van der Waals surface area (Å²) in [7, 11) is 0. The largest absolute Gasteiger partial charge is 0.278 e. The van der Waals surface area contributed by atoms with Crippen LogP contribution >= 0.6 is 0 Å². The number of allylic oxidation sites excluding steroid dienone is 3. The van der Waals surface area contributed by atoms with E-state index in [1.165, 1.54) is 0 Å². The molecule has 0 aliphatic rings. The molecule has 0 aliphatic carbocycles. The zero-order valence-corrected chi connectivity index (χ0v) is 5.91. The highest BCUT2D eigenvalue weighted by atomic mass is 15.1. The molecule has 1 aromatic rings. The van der Waals surface area contributed by atoms with Crippen LogP contribution in [0.15, 0.2) is 30.5 Å². The van der Waals surface area contributed by atoms with Gasteiger partial charge in [-0.3, -0.25) is 5.10 Å². The molecule has 0 radical (unpaired) electrons. The Morgan fingerprint density at radius 1 is 1.50 bits per heavy atom. The monoisotopic (exact) mass is 134 g/mol. The summed E-state index contributed by atoms with van der Waals surface area (Å²) in [6.07, 6.45) is 9.61. The predicted octanol–water partition coefficient (Wildman–Crippen LogP) is 2.00. The predicted molar refractivity (Wildman–Crippen MR) is 42.4 cm³/mol. The molecule has 0 amide bonds. The van der Waals surface area contributed by atoms with Crippen molar-refractivity contribution in [2.24, 2.45) is 0 Å². The van der Waals surface area contributed by atoms with Crippen LogP contribution in [-0.2, 0) is 0 Å². The Labute approximate surface area is 60.3 Å². The summed E-state index contributed by atoms with van der Waals surface area (Å²) in [6, 6.07) is 1.92. The van der Waals surface area contributed by atoms with E-state index >= 15 is 0 Å². The number of rotatable bonds is 2. The first-order chi connectivity index (χ1) is 4.93. The molecule has 2 heteroatoms. The third-order valence-electron chi connectivity index (χ3n) is 1.10. The van der Waals surface area contributed by atoms with E-state index in [2.05, 4.69) is 10.2 Å². The van der Waals surface area contributed by atoms with Gasteiger partial charge in [-0.2, -0.15) is 5.10 Å². The Morgan fingerprint density at radius 3 is 3.00 bits per heavy atom. The average Bonchev–Trinajstić information content (AvgIpc) is 2.41. The summed E-state index contributed by atoms with van der Waals surface area (Å²) < 4.78 is 0. The molecule has 0 saturated heterocycles. The van der Waals surface area contributed by atoms with Crippen LogP contribution in [0.4, 0.5) is 0 Å². The van der Waals surface area contributed by atoms with Crippen molar-refractivity contribution in [2.75, 3.05) is 0 Å². The van der Waals surface area contributed by atoms with Crippen LogP contribution in [0.5, 0.6) is 0 Å². The van der Waals surface area contributed by atoms with Crippen LogP contribution in [0.25, 0.3) is 6.08 Å². The molecule has 10 heavy (non-hydrogen) atoms. The van der Waals surface area contributed by atoms with Gasteiger partial charge >= 0.3 is 0 Å². The van der Waals surface area contributed by atoms with Crippen molar-refractivity contribution in [1.29, 1.82) is 0 Å². The van der Waals surface area contributed by atoms with E-state index in [1.807, 2.05) is 37.3 Å². The third-order valence-corrected chi connectivity index (χ3v) is 1.10. The molecule has 0 aliphatic heterocycles. The molecular weight excluding hydrogens is 124 g/mol. The fraction of sp³-hybridized carbons (Fsp3) is 0.125. The van der Waals surface area contributed by atoms with Crippen molar-refractivity contribution in [1.82, 2.24) is 10.2 Å². The van der Waals surface area contributed by atoms with E-state index in [1.54, 1.807) is 6.20 Å². The van der Waals surface area contributed by atoms with Gasteiger partial charge in [0.05, 0.1) is 5.69 Å². The van der Waals surface area contributed by atoms with Gasteiger partial charge in [-0.25, -0.2) is 0 Å². The van der Waals surface area contributed by atoms with Crippen molar-refractivity contribution in [3.8, 4) is 0 Å². The highest BCUT2D eigenvalue weighted by Crippen LogP contribution is 1.94. The van der Waals surface area contributed by atoms with Crippen molar-refractivity contribution in [2.45, 2.75) is 6.92 Å². The van der Waals surface area contributed by atoms with Crippen molar-refractivity contribution < 1.29 is 0 Å². The molecule has 0 bridgehead atoms. The first-order valence-corrected chi connectivity index (χ1v) is 3.22. The van der Waals surface area contributed by atoms with E-state index in [4.69, 9.17) is 0 Å². The third kappa shape index (κ3) is 1.90. The number of aromatic amines is 1. The SMILES string of the molecule is C/C=C/C=Cc1ccn[nH]1. The Balaban J connectivity index is 2.55. The summed E-state index contributed by atoms with van der Waals surface area (Å²) in [4.78, 5) is 0. The Bertz CT molecular complexity index is 219. The van der Waals surface area contributed by atoms with Gasteiger partial charge < -0.3 is 0 Å². The Kier molecular flexibility index (Phi) is 2.49. The van der Waals surface area contributed by atoms with Crippen molar-refractivity contribution in [3.05, 3.63) is 36.2 Å². The normalized spacial score (nSPS) is 11.7. The van der Waals surface area contributed by atoms with E-state index < -0.39 is 0 Å². The summed E-state index contributed by atoms with van der Waals surface area (Å²) in [5.74, 6) is 0. The number of aromatic nitrogens is 2. The van der Waals surface area contributed by atoms with Crippen molar-refractivity contribution >= 4 is 6.08 Å². The molecule has 1 heterocycles. The van der Waals surface area contributed by atoms with Crippen molar-refractivity contribution in [3.63, 3.8) is 0 Å². The molecule has 0 atom stereocenters. The highest BCUT2D eigenvalue weighted by molar-refractivity contribution is 5.45. The number of H-pyrrole nitrogens is 1. The van der Waals surface area contributed by atoms with E-state index in [0.29, 0.717) is 0 Å². The molecule has 0 saturated carbocycles.